The van der Waals surface area contributed by atoms with E-state index in [0.29, 0.717) is 5.56 Å². The van der Waals surface area contributed by atoms with Gasteiger partial charge in [0.05, 0.1) is 5.69 Å². The lowest BCUT2D eigenvalue weighted by Crippen LogP contribution is -2.06. The number of ketones is 1. The maximum Gasteiger partial charge on any atom is 0.303 e. The highest BCUT2D eigenvalue weighted by Crippen LogP contribution is 2.21. The van der Waals surface area contributed by atoms with Gasteiger partial charge in [-0.2, -0.15) is 0 Å². The Morgan fingerprint density at radius 3 is 2.42 bits per heavy atom. The average molecular weight is 259 g/mol. The monoisotopic (exact) mass is 259 g/mol. The molecule has 0 aliphatic carbocycles. The molecule has 0 saturated carbocycles. The van der Waals surface area contributed by atoms with Crippen LogP contribution in [0.2, 0.25) is 0 Å². The Morgan fingerprint density at radius 2 is 1.84 bits per heavy atom. The summed E-state index contributed by atoms with van der Waals surface area (Å²) in [5.74, 6) is -0.274. The SMILES string of the molecule is CC(=O)OCc1cc(C)cc2cc(C(C)=O)c(C)n12. The van der Waals surface area contributed by atoms with Crippen molar-refractivity contribution in [1.82, 2.24) is 4.40 Å². The fourth-order valence-electron chi connectivity index (χ4n) is 2.36. The van der Waals surface area contributed by atoms with Crippen LogP contribution in [-0.4, -0.2) is 16.2 Å². The van der Waals surface area contributed by atoms with E-state index in [1.165, 1.54) is 6.92 Å². The van der Waals surface area contributed by atoms with E-state index in [9.17, 15) is 9.59 Å². The van der Waals surface area contributed by atoms with Gasteiger partial charge in [0.25, 0.3) is 0 Å². The second kappa shape index (κ2) is 4.88. The Bertz CT molecular complexity index is 668. The van der Waals surface area contributed by atoms with Gasteiger partial charge < -0.3 is 9.14 Å². The third-order valence-corrected chi connectivity index (χ3v) is 3.14. The summed E-state index contributed by atoms with van der Waals surface area (Å²) >= 11 is 0. The number of rotatable bonds is 3. The number of hydrogen-bond donors (Lipinski definition) is 0. The van der Waals surface area contributed by atoms with E-state index in [0.717, 1.165) is 22.5 Å². The van der Waals surface area contributed by atoms with Crippen LogP contribution in [0.3, 0.4) is 0 Å². The highest BCUT2D eigenvalue weighted by Gasteiger charge is 2.13. The van der Waals surface area contributed by atoms with Crippen LogP contribution in [0.5, 0.6) is 0 Å². The molecule has 0 radical (unpaired) electrons. The molecule has 2 aromatic rings. The predicted molar refractivity (Wildman–Crippen MR) is 72.3 cm³/mol. The van der Waals surface area contributed by atoms with Crippen molar-refractivity contribution in [2.45, 2.75) is 34.3 Å². The lowest BCUT2D eigenvalue weighted by molar-refractivity contribution is -0.142. The van der Waals surface area contributed by atoms with Gasteiger partial charge in [-0.25, -0.2) is 0 Å². The van der Waals surface area contributed by atoms with Gasteiger partial charge in [0.1, 0.15) is 6.61 Å². The number of ether oxygens (including phenoxy) is 1. The summed E-state index contributed by atoms with van der Waals surface area (Å²) in [5.41, 5.74) is 4.47. The van der Waals surface area contributed by atoms with E-state index < -0.39 is 0 Å². The highest BCUT2D eigenvalue weighted by atomic mass is 16.5. The van der Waals surface area contributed by atoms with Gasteiger partial charge in [-0.15, -0.1) is 0 Å². The number of esters is 1. The molecule has 2 heterocycles. The van der Waals surface area contributed by atoms with Gasteiger partial charge in [-0.05, 0) is 44.5 Å². The van der Waals surface area contributed by atoms with Crippen molar-refractivity contribution in [1.29, 1.82) is 0 Å². The molecular weight excluding hydrogens is 242 g/mol. The summed E-state index contributed by atoms with van der Waals surface area (Å²) in [7, 11) is 0. The first-order valence-corrected chi connectivity index (χ1v) is 6.16. The Labute approximate surface area is 112 Å². The van der Waals surface area contributed by atoms with E-state index in [2.05, 4.69) is 0 Å². The minimum atomic E-state index is -0.314. The molecule has 4 heteroatoms. The summed E-state index contributed by atoms with van der Waals surface area (Å²) in [6, 6.07) is 5.85. The number of nitrogens with zero attached hydrogens (tertiary/aromatic N) is 1. The minimum absolute atomic E-state index is 0.0392. The molecule has 0 N–H and O–H groups in total. The van der Waals surface area contributed by atoms with Crippen LogP contribution in [0.4, 0.5) is 0 Å². The van der Waals surface area contributed by atoms with Crippen LogP contribution in [0.25, 0.3) is 5.52 Å². The second-order valence-corrected chi connectivity index (χ2v) is 4.76. The van der Waals surface area contributed by atoms with E-state index in [4.69, 9.17) is 4.74 Å². The fraction of sp³-hybridized carbons (Fsp3) is 0.333. The van der Waals surface area contributed by atoms with Crippen molar-refractivity contribution in [2.75, 3.05) is 0 Å². The first kappa shape index (κ1) is 13.3. The van der Waals surface area contributed by atoms with E-state index in [1.54, 1.807) is 6.92 Å². The standard InChI is InChI=1S/C15H17NO3/c1-9-5-13-7-15(11(3)17)10(2)16(13)14(6-9)8-19-12(4)18/h5-7H,8H2,1-4H3. The topological polar surface area (TPSA) is 47.8 Å². The van der Waals surface area contributed by atoms with Crippen molar-refractivity contribution in [2.24, 2.45) is 0 Å². The molecule has 0 aliphatic heterocycles. The third kappa shape index (κ3) is 2.52. The smallest absolute Gasteiger partial charge is 0.303 e. The molecule has 19 heavy (non-hydrogen) atoms. The van der Waals surface area contributed by atoms with Crippen LogP contribution in [-0.2, 0) is 16.1 Å². The van der Waals surface area contributed by atoms with Gasteiger partial charge in [-0.3, -0.25) is 9.59 Å². The fourth-order valence-corrected chi connectivity index (χ4v) is 2.36. The average Bonchev–Trinajstić information content (AvgIpc) is 2.63. The predicted octanol–water partition coefficient (Wildman–Crippen LogP) is 2.82. The number of fused-ring (bicyclic) bond motifs is 1. The van der Waals surface area contributed by atoms with E-state index in [1.807, 2.05) is 36.4 Å². The van der Waals surface area contributed by atoms with Crippen LogP contribution in [0, 0.1) is 13.8 Å². The molecule has 0 saturated heterocycles. The minimum Gasteiger partial charge on any atom is -0.459 e. The number of hydrogen-bond acceptors (Lipinski definition) is 3. The quantitative estimate of drug-likeness (QED) is 0.629. The molecule has 0 aromatic carbocycles. The lowest BCUT2D eigenvalue weighted by Gasteiger charge is -2.10. The molecule has 0 amide bonds. The van der Waals surface area contributed by atoms with Crippen molar-refractivity contribution in [3.63, 3.8) is 0 Å². The lowest BCUT2D eigenvalue weighted by atomic mass is 10.2. The molecule has 0 unspecified atom stereocenters. The molecule has 0 atom stereocenters. The Kier molecular flexibility index (Phi) is 3.42. The molecule has 4 nitrogen and oxygen atoms in total. The maximum atomic E-state index is 11.6. The molecule has 0 fully saturated rings. The van der Waals surface area contributed by atoms with Gasteiger partial charge in [0.2, 0.25) is 0 Å². The first-order chi connectivity index (χ1) is 8.90. The number of aromatic nitrogens is 1. The molecular formula is C15H17NO3. The zero-order valence-corrected chi connectivity index (χ0v) is 11.6. The van der Waals surface area contributed by atoms with Gasteiger partial charge in [0, 0.05) is 23.7 Å². The third-order valence-electron chi connectivity index (χ3n) is 3.14. The molecule has 100 valence electrons. The number of carbonyl (C=O) groups is 2. The molecule has 0 spiro atoms. The summed E-state index contributed by atoms with van der Waals surface area (Å²) in [5, 5.41) is 0. The van der Waals surface area contributed by atoms with Crippen LogP contribution >= 0.6 is 0 Å². The summed E-state index contributed by atoms with van der Waals surface area (Å²) in [6.07, 6.45) is 0. The summed E-state index contributed by atoms with van der Waals surface area (Å²) in [6.45, 7) is 7.03. The molecule has 2 rings (SSSR count). The normalized spacial score (nSPS) is 10.7. The largest absolute Gasteiger partial charge is 0.459 e. The van der Waals surface area contributed by atoms with Crippen molar-refractivity contribution in [3.05, 3.63) is 40.7 Å². The Balaban J connectivity index is 2.61. The van der Waals surface area contributed by atoms with Crippen molar-refractivity contribution >= 4 is 17.3 Å². The Morgan fingerprint density at radius 1 is 1.16 bits per heavy atom. The summed E-state index contributed by atoms with van der Waals surface area (Å²) in [4.78, 5) is 22.6. The molecule has 0 aliphatic rings. The van der Waals surface area contributed by atoms with Crippen LogP contribution in [0.1, 0.15) is 41.2 Å². The zero-order chi connectivity index (χ0) is 14.2. The Hall–Kier alpha value is -2.10. The maximum absolute atomic E-state index is 11.6. The van der Waals surface area contributed by atoms with Crippen LogP contribution < -0.4 is 0 Å². The van der Waals surface area contributed by atoms with Crippen LogP contribution in [0.15, 0.2) is 18.2 Å². The molecule has 0 bridgehead atoms. The van der Waals surface area contributed by atoms with Crippen molar-refractivity contribution < 1.29 is 14.3 Å². The summed E-state index contributed by atoms with van der Waals surface area (Å²) < 4.78 is 7.04. The number of carbonyl (C=O) groups excluding carboxylic acids is 2. The number of Topliss-reactive ketones (excluding diaryl/α,β-unsaturated/α-hetero) is 1. The van der Waals surface area contributed by atoms with E-state index in [-0.39, 0.29) is 18.4 Å². The van der Waals surface area contributed by atoms with Gasteiger partial charge in [-0.1, -0.05) is 0 Å². The van der Waals surface area contributed by atoms with E-state index >= 15 is 0 Å². The first-order valence-electron chi connectivity index (χ1n) is 6.16. The van der Waals surface area contributed by atoms with Gasteiger partial charge >= 0.3 is 5.97 Å². The highest BCUT2D eigenvalue weighted by molar-refractivity contribution is 5.97. The van der Waals surface area contributed by atoms with Crippen molar-refractivity contribution in [3.8, 4) is 0 Å². The second-order valence-electron chi connectivity index (χ2n) is 4.76. The molecule has 2 aromatic heterocycles. The zero-order valence-electron chi connectivity index (χ0n) is 11.6. The number of aryl methyl sites for hydroxylation is 2. The van der Waals surface area contributed by atoms with Gasteiger partial charge in [0.15, 0.2) is 5.78 Å². The number of pyridine rings is 1.